The van der Waals surface area contributed by atoms with Crippen molar-refractivity contribution in [2.24, 2.45) is 5.73 Å². The number of rotatable bonds is 3. The molecule has 0 saturated carbocycles. The van der Waals surface area contributed by atoms with Gasteiger partial charge in [0.15, 0.2) is 0 Å². The number of nitrogens with two attached hydrogens (primary N) is 1. The van der Waals surface area contributed by atoms with Crippen molar-refractivity contribution in [2.75, 3.05) is 0 Å². The Morgan fingerprint density at radius 3 is 1.82 bits per heavy atom. The van der Waals surface area contributed by atoms with E-state index in [1.165, 1.54) is 0 Å². The van der Waals surface area contributed by atoms with Gasteiger partial charge < -0.3 is 21.4 Å². The Morgan fingerprint density at radius 1 is 1.36 bits per heavy atom. The van der Waals surface area contributed by atoms with Gasteiger partial charge >= 0.3 is 41.5 Å². The molecule has 6 nitrogen and oxygen atoms in total. The van der Waals surface area contributed by atoms with Gasteiger partial charge in [0.05, 0.1) is 6.42 Å². The van der Waals surface area contributed by atoms with E-state index in [9.17, 15) is 9.59 Å². The predicted molar refractivity (Wildman–Crippen MR) is 38.6 cm³/mol. The van der Waals surface area contributed by atoms with Crippen LogP contribution < -0.4 is 5.73 Å². The molecule has 0 aliphatic carbocycles. The normalized spacial score (nSPS) is 10.3. The van der Waals surface area contributed by atoms with Crippen LogP contribution in [0.4, 0.5) is 0 Å². The Balaban J connectivity index is -0.000000320. The summed E-state index contributed by atoms with van der Waals surface area (Å²) in [5.41, 5.74) is 4.84. The van der Waals surface area contributed by atoms with E-state index in [4.69, 9.17) is 15.9 Å². The number of hydrogen-bond donors (Lipinski definition) is 3. The number of carboxylic acid groups (broad SMARTS) is 2. The van der Waals surface area contributed by atoms with Gasteiger partial charge in [0.1, 0.15) is 6.04 Å². The van der Waals surface area contributed by atoms with Crippen LogP contribution in [-0.4, -0.2) is 63.2 Å². The molecule has 0 heterocycles. The van der Waals surface area contributed by atoms with Crippen LogP contribution in [0.3, 0.4) is 0 Å². The fourth-order valence-electron chi connectivity index (χ4n) is 0.275. The van der Waals surface area contributed by atoms with Crippen LogP contribution >= 0.6 is 0 Å². The first-order chi connectivity index (χ1) is 4.04. The van der Waals surface area contributed by atoms with Gasteiger partial charge in [0.25, 0.3) is 0 Å². The van der Waals surface area contributed by atoms with Crippen molar-refractivity contribution in [3.8, 4) is 0 Å². The van der Waals surface area contributed by atoms with Gasteiger partial charge in [-0.25, -0.2) is 0 Å². The first kappa shape index (κ1) is 17.1. The summed E-state index contributed by atoms with van der Waals surface area (Å²) in [6.07, 6.45) is -0.532. The molecule has 11 heavy (non-hydrogen) atoms. The van der Waals surface area contributed by atoms with E-state index in [1.54, 1.807) is 0 Å². The fourth-order valence-corrected chi connectivity index (χ4v) is 0.275. The van der Waals surface area contributed by atoms with Gasteiger partial charge in [-0.1, -0.05) is 0 Å². The molecule has 0 fully saturated rings. The second-order valence-corrected chi connectivity index (χ2v) is 1.54. The second-order valence-electron chi connectivity index (χ2n) is 1.54. The Hall–Kier alpha value is -0.140. The quantitative estimate of drug-likeness (QED) is 0.404. The zero-order valence-corrected chi connectivity index (χ0v) is 5.07. The first-order valence-electron chi connectivity index (χ1n) is 2.24. The van der Waals surface area contributed by atoms with E-state index in [0.29, 0.717) is 0 Å². The minimum absolute atomic E-state index is 0. The zero-order valence-electron chi connectivity index (χ0n) is 5.07. The van der Waals surface area contributed by atoms with Crippen LogP contribution in [0, 0.1) is 0 Å². The molecule has 0 amide bonds. The Labute approximate surface area is 85.0 Å². The maximum absolute atomic E-state index is 9.85. The van der Waals surface area contributed by atoms with Crippen LogP contribution in [0.15, 0.2) is 0 Å². The van der Waals surface area contributed by atoms with Gasteiger partial charge in [-0.15, -0.1) is 0 Å². The number of carboxylic acids is 2. The van der Waals surface area contributed by atoms with Gasteiger partial charge in [-0.3, -0.25) is 9.59 Å². The van der Waals surface area contributed by atoms with E-state index in [0.717, 1.165) is 0 Å². The molecule has 0 saturated heterocycles. The molecule has 0 spiro atoms. The summed E-state index contributed by atoms with van der Waals surface area (Å²) in [5.74, 6) is -2.50. The molecule has 0 aromatic carbocycles. The third-order valence-corrected chi connectivity index (χ3v) is 0.712. The molecular weight excluding hydrogens is 165 g/mol. The molecule has 6 N–H and O–H groups in total. The molecule has 0 bridgehead atoms. The van der Waals surface area contributed by atoms with Crippen molar-refractivity contribution in [3.05, 3.63) is 0 Å². The van der Waals surface area contributed by atoms with E-state index in [-0.39, 0.29) is 35.0 Å². The average Bonchev–Trinajstić information content (AvgIpc) is 1.63. The number of carbonyl (C=O) groups is 2. The molecule has 0 aromatic heterocycles. The summed E-state index contributed by atoms with van der Waals surface area (Å²) < 4.78 is 0. The molecule has 0 aliphatic rings. The molecular formula is C4H10NNaO5. The zero-order chi connectivity index (χ0) is 7.44. The van der Waals surface area contributed by atoms with E-state index in [2.05, 4.69) is 0 Å². The molecule has 0 aliphatic heterocycles. The molecule has 0 aromatic rings. The fraction of sp³-hybridized carbons (Fsp3) is 0.500. The third kappa shape index (κ3) is 9.86. The molecule has 7 heteroatoms. The van der Waals surface area contributed by atoms with Crippen molar-refractivity contribution in [1.29, 1.82) is 0 Å². The summed E-state index contributed by atoms with van der Waals surface area (Å²) in [7, 11) is 0. The molecule has 0 unspecified atom stereocenters. The summed E-state index contributed by atoms with van der Waals surface area (Å²) in [4.78, 5) is 19.6. The third-order valence-electron chi connectivity index (χ3n) is 0.712. The van der Waals surface area contributed by atoms with Crippen LogP contribution in [-0.2, 0) is 9.59 Å². The molecule has 1 atom stereocenters. The van der Waals surface area contributed by atoms with E-state index >= 15 is 0 Å². The number of hydrogen-bond acceptors (Lipinski definition) is 3. The maximum atomic E-state index is 9.85. The first-order valence-corrected chi connectivity index (χ1v) is 2.24. The Bertz CT molecular complexity index is 138. The van der Waals surface area contributed by atoms with Crippen molar-refractivity contribution in [3.63, 3.8) is 0 Å². The van der Waals surface area contributed by atoms with Crippen LogP contribution in [0.5, 0.6) is 0 Å². The number of aliphatic carboxylic acids is 2. The summed E-state index contributed by atoms with van der Waals surface area (Å²) in [6.45, 7) is 0. The summed E-state index contributed by atoms with van der Waals surface area (Å²) in [6, 6.07) is -1.29. The molecule has 0 rings (SSSR count). The summed E-state index contributed by atoms with van der Waals surface area (Å²) in [5, 5.41) is 16.0. The van der Waals surface area contributed by atoms with Crippen LogP contribution in [0.1, 0.15) is 6.42 Å². The van der Waals surface area contributed by atoms with Gasteiger partial charge in [0.2, 0.25) is 0 Å². The molecule has 0 radical (unpaired) electrons. The minimum atomic E-state index is -1.29. The van der Waals surface area contributed by atoms with Crippen LogP contribution in [0.25, 0.3) is 0 Å². The van der Waals surface area contributed by atoms with Gasteiger partial charge in [-0.2, -0.15) is 0 Å². The van der Waals surface area contributed by atoms with E-state index in [1.807, 2.05) is 0 Å². The predicted octanol–water partition coefficient (Wildman–Crippen LogP) is -2.60. The Morgan fingerprint density at radius 2 is 1.73 bits per heavy atom. The SMILES string of the molecule is N[C@@H](CC(=O)O)C(=O)O.O.[NaH]. The second kappa shape index (κ2) is 7.96. The average molecular weight is 175 g/mol. The van der Waals surface area contributed by atoms with Crippen LogP contribution in [0.2, 0.25) is 0 Å². The summed E-state index contributed by atoms with van der Waals surface area (Å²) >= 11 is 0. The Kier molecular flexibility index (Phi) is 12.4. The van der Waals surface area contributed by atoms with Gasteiger partial charge in [0, 0.05) is 0 Å². The van der Waals surface area contributed by atoms with Gasteiger partial charge in [-0.05, 0) is 0 Å². The monoisotopic (exact) mass is 175 g/mol. The standard InChI is InChI=1S/C4H7NO4.Na.H2O.H/c5-2(4(8)9)1-3(6)7;;;/h2H,1,5H2,(H,6,7)(H,8,9);;1H2;/t2-;;;/m0.../s1. The van der Waals surface area contributed by atoms with Crippen molar-refractivity contribution >= 4 is 41.5 Å². The van der Waals surface area contributed by atoms with Crippen molar-refractivity contribution < 1.29 is 25.3 Å². The van der Waals surface area contributed by atoms with E-state index < -0.39 is 24.4 Å². The van der Waals surface area contributed by atoms with Crippen molar-refractivity contribution in [2.45, 2.75) is 12.5 Å². The molecule has 62 valence electrons. The topological polar surface area (TPSA) is 132 Å². The van der Waals surface area contributed by atoms with Crippen molar-refractivity contribution in [1.82, 2.24) is 0 Å².